The van der Waals surface area contributed by atoms with Crippen molar-refractivity contribution in [2.24, 2.45) is 10.7 Å². The summed E-state index contributed by atoms with van der Waals surface area (Å²) >= 11 is 0. The number of hydrogen-bond acceptors (Lipinski definition) is 6. The number of amidine groups is 1. The molecule has 1 aromatic carbocycles. The Balaban J connectivity index is 1.81. The van der Waals surface area contributed by atoms with Crippen LogP contribution in [0.2, 0.25) is 0 Å². The maximum atomic E-state index is 14.5. The average Bonchev–Trinajstić information content (AvgIpc) is 3.13. The highest BCUT2D eigenvalue weighted by atomic mass is 19.1. The van der Waals surface area contributed by atoms with Gasteiger partial charge in [0.15, 0.2) is 11.5 Å². The number of piperazine rings is 1. The minimum absolute atomic E-state index is 0.0372. The Kier molecular flexibility index (Phi) is 5.70. The fraction of sp³-hybridized carbons (Fsp3) is 0.318. The smallest absolute Gasteiger partial charge is 0.254 e. The molecule has 0 radical (unpaired) electrons. The number of aromatic nitrogens is 2. The molecule has 5 N–H and O–H groups in total. The van der Waals surface area contributed by atoms with E-state index in [1.165, 1.54) is 11.0 Å². The molecule has 0 atom stereocenters. The number of nitrogens with one attached hydrogen (secondary N) is 1. The molecule has 2 aromatic heterocycles. The van der Waals surface area contributed by atoms with Gasteiger partial charge in [0.2, 0.25) is 0 Å². The van der Waals surface area contributed by atoms with Gasteiger partial charge in [-0.1, -0.05) is 0 Å². The Morgan fingerprint density at radius 3 is 2.62 bits per heavy atom. The van der Waals surface area contributed by atoms with Crippen LogP contribution < -0.4 is 21.7 Å². The number of pyridine rings is 1. The van der Waals surface area contributed by atoms with E-state index in [0.29, 0.717) is 28.2 Å². The number of rotatable bonds is 4. The van der Waals surface area contributed by atoms with E-state index in [1.54, 1.807) is 49.9 Å². The maximum absolute atomic E-state index is 14.5. The number of halogens is 1. The van der Waals surface area contributed by atoms with Crippen molar-refractivity contribution in [2.45, 2.75) is 6.92 Å². The molecule has 1 fully saturated rings. The Morgan fingerprint density at radius 1 is 1.22 bits per heavy atom. The molecule has 1 aliphatic rings. The standard InChI is InChI=1S/C22H27FN8O/c1-13-11-31-12-14(8-17(23)21(31)27-13)28-20(25)19-16(22(32)29(2)3)9-15(10-18(19)24)30-6-4-26-5-7-30/h8-12,26H,4-7,24H2,1-3H3,(H2,25,28). The first-order valence-electron chi connectivity index (χ1n) is 10.3. The van der Waals surface area contributed by atoms with Crippen LogP contribution in [-0.4, -0.2) is 66.3 Å². The van der Waals surface area contributed by atoms with E-state index in [4.69, 9.17) is 11.5 Å². The lowest BCUT2D eigenvalue weighted by Crippen LogP contribution is -2.43. The molecule has 168 valence electrons. The van der Waals surface area contributed by atoms with Crippen molar-refractivity contribution in [3.63, 3.8) is 0 Å². The summed E-state index contributed by atoms with van der Waals surface area (Å²) < 4.78 is 16.0. The van der Waals surface area contributed by atoms with E-state index in [-0.39, 0.29) is 17.4 Å². The van der Waals surface area contributed by atoms with Gasteiger partial charge in [0.1, 0.15) is 5.84 Å². The third-order valence-corrected chi connectivity index (χ3v) is 5.39. The number of carbonyl (C=O) groups excluding carboxylic acids is 1. The summed E-state index contributed by atoms with van der Waals surface area (Å²) in [6, 6.07) is 4.86. The molecule has 0 spiro atoms. The minimum Gasteiger partial charge on any atom is -0.398 e. The van der Waals surface area contributed by atoms with Crippen molar-refractivity contribution in [1.29, 1.82) is 0 Å². The molecule has 1 saturated heterocycles. The summed E-state index contributed by atoms with van der Waals surface area (Å²) in [6.45, 7) is 5.10. The monoisotopic (exact) mass is 438 g/mol. The number of aryl methyl sites for hydroxylation is 1. The normalized spacial score (nSPS) is 14.8. The molecule has 10 heteroatoms. The summed E-state index contributed by atoms with van der Waals surface area (Å²) in [4.78, 5) is 25.2. The average molecular weight is 439 g/mol. The molecule has 32 heavy (non-hydrogen) atoms. The van der Waals surface area contributed by atoms with Gasteiger partial charge in [-0.15, -0.1) is 0 Å². The van der Waals surface area contributed by atoms with Crippen LogP contribution in [0.1, 0.15) is 21.6 Å². The molecule has 1 amide bonds. The van der Waals surface area contributed by atoms with Crippen LogP contribution in [0.5, 0.6) is 0 Å². The minimum atomic E-state index is -0.515. The quantitative estimate of drug-likeness (QED) is 0.323. The van der Waals surface area contributed by atoms with Crippen molar-refractivity contribution in [2.75, 3.05) is 50.9 Å². The summed E-state index contributed by atoms with van der Waals surface area (Å²) in [5, 5.41) is 3.31. The molecule has 0 bridgehead atoms. The molecule has 3 heterocycles. The number of amides is 1. The lowest BCUT2D eigenvalue weighted by atomic mass is 10.0. The van der Waals surface area contributed by atoms with E-state index in [1.807, 2.05) is 0 Å². The van der Waals surface area contributed by atoms with Crippen LogP contribution in [0.3, 0.4) is 0 Å². The van der Waals surface area contributed by atoms with Crippen LogP contribution in [0.4, 0.5) is 21.5 Å². The number of carbonyl (C=O) groups is 1. The van der Waals surface area contributed by atoms with Crippen molar-refractivity contribution in [3.8, 4) is 0 Å². The highest BCUT2D eigenvalue weighted by Crippen LogP contribution is 2.28. The van der Waals surface area contributed by atoms with E-state index >= 15 is 0 Å². The number of nitrogens with zero attached hydrogens (tertiary/aromatic N) is 5. The molecule has 0 unspecified atom stereocenters. The van der Waals surface area contributed by atoms with Gasteiger partial charge >= 0.3 is 0 Å². The third-order valence-electron chi connectivity index (χ3n) is 5.39. The second-order valence-electron chi connectivity index (χ2n) is 8.05. The predicted octanol–water partition coefficient (Wildman–Crippen LogP) is 1.51. The van der Waals surface area contributed by atoms with Crippen LogP contribution in [0.25, 0.3) is 5.65 Å². The maximum Gasteiger partial charge on any atom is 0.254 e. The van der Waals surface area contributed by atoms with Crippen LogP contribution in [0, 0.1) is 12.7 Å². The summed E-state index contributed by atoms with van der Waals surface area (Å²) in [5.74, 6) is -0.720. The van der Waals surface area contributed by atoms with Crippen molar-refractivity contribution in [3.05, 3.63) is 53.2 Å². The second-order valence-corrected chi connectivity index (χ2v) is 8.05. The van der Waals surface area contributed by atoms with Gasteiger partial charge in [0.05, 0.1) is 22.5 Å². The zero-order valence-electron chi connectivity index (χ0n) is 18.4. The van der Waals surface area contributed by atoms with Crippen LogP contribution in [-0.2, 0) is 0 Å². The first kappa shape index (κ1) is 21.6. The Labute approximate surface area is 185 Å². The lowest BCUT2D eigenvalue weighted by molar-refractivity contribution is 0.0827. The Bertz CT molecular complexity index is 1210. The Morgan fingerprint density at radius 2 is 1.94 bits per heavy atom. The summed E-state index contributed by atoms with van der Waals surface area (Å²) in [5.41, 5.74) is 15.8. The largest absolute Gasteiger partial charge is 0.398 e. The lowest BCUT2D eigenvalue weighted by Gasteiger charge is -2.30. The van der Waals surface area contributed by atoms with Gasteiger partial charge in [-0.2, -0.15) is 0 Å². The number of nitrogen functional groups attached to an aromatic ring is 1. The van der Waals surface area contributed by atoms with Gasteiger partial charge < -0.3 is 31.0 Å². The molecule has 0 saturated carbocycles. The van der Waals surface area contributed by atoms with Crippen molar-refractivity contribution < 1.29 is 9.18 Å². The number of nitrogens with two attached hydrogens (primary N) is 2. The summed E-state index contributed by atoms with van der Waals surface area (Å²) in [7, 11) is 3.33. The van der Waals surface area contributed by atoms with E-state index in [9.17, 15) is 9.18 Å². The summed E-state index contributed by atoms with van der Waals surface area (Å²) in [6.07, 6.45) is 3.33. The van der Waals surface area contributed by atoms with E-state index in [0.717, 1.165) is 31.9 Å². The van der Waals surface area contributed by atoms with Gasteiger partial charge in [-0.3, -0.25) is 4.79 Å². The SMILES string of the molecule is Cc1cn2cc(N=C(N)c3c(N)cc(N4CCNCC4)cc3C(=O)N(C)C)cc(F)c2n1. The van der Waals surface area contributed by atoms with E-state index in [2.05, 4.69) is 20.2 Å². The molecule has 4 rings (SSSR count). The predicted molar refractivity (Wildman–Crippen MR) is 124 cm³/mol. The van der Waals surface area contributed by atoms with Crippen molar-refractivity contribution in [1.82, 2.24) is 19.6 Å². The number of imidazole rings is 1. The topological polar surface area (TPSA) is 117 Å². The third kappa shape index (κ3) is 4.09. The second kappa shape index (κ2) is 8.46. The highest BCUT2D eigenvalue weighted by molar-refractivity contribution is 6.13. The van der Waals surface area contributed by atoms with Gasteiger partial charge in [-0.05, 0) is 19.1 Å². The molecule has 3 aromatic rings. The fourth-order valence-corrected chi connectivity index (χ4v) is 3.87. The molecule has 9 nitrogen and oxygen atoms in total. The number of aliphatic imine (C=N–C) groups is 1. The zero-order valence-corrected chi connectivity index (χ0v) is 18.4. The van der Waals surface area contributed by atoms with Gasteiger partial charge in [0.25, 0.3) is 5.91 Å². The highest BCUT2D eigenvalue weighted by Gasteiger charge is 2.22. The first-order valence-corrected chi connectivity index (χ1v) is 10.3. The van der Waals surface area contributed by atoms with Gasteiger partial charge in [-0.25, -0.2) is 14.4 Å². The van der Waals surface area contributed by atoms with Crippen LogP contribution >= 0.6 is 0 Å². The van der Waals surface area contributed by atoms with Crippen LogP contribution in [0.15, 0.2) is 35.6 Å². The first-order chi connectivity index (χ1) is 15.2. The van der Waals surface area contributed by atoms with E-state index < -0.39 is 5.82 Å². The number of hydrogen-bond donors (Lipinski definition) is 3. The molecule has 1 aliphatic heterocycles. The van der Waals surface area contributed by atoms with Crippen molar-refractivity contribution >= 4 is 34.5 Å². The molecule has 0 aliphatic carbocycles. The number of anilines is 2. The number of fused-ring (bicyclic) bond motifs is 1. The molecular weight excluding hydrogens is 411 g/mol. The molecular formula is C22H27FN8O. The Hall–Kier alpha value is -3.66. The van der Waals surface area contributed by atoms with Gasteiger partial charge in [0, 0.05) is 70.1 Å². The zero-order chi connectivity index (χ0) is 23.0. The number of benzene rings is 1. The fourth-order valence-electron chi connectivity index (χ4n) is 3.87.